The first kappa shape index (κ1) is 16.5. The molecule has 1 aliphatic carbocycles. The zero-order valence-corrected chi connectivity index (χ0v) is 13.9. The second kappa shape index (κ2) is 6.93. The first-order valence-corrected chi connectivity index (χ1v) is 8.14. The van der Waals surface area contributed by atoms with Crippen LogP contribution in [0.5, 0.6) is 0 Å². The number of allylic oxidation sites excluding steroid dienone is 2. The lowest BCUT2D eigenvalue weighted by Gasteiger charge is -2.37. The molecule has 0 aromatic rings. The van der Waals surface area contributed by atoms with Crippen molar-refractivity contribution in [2.24, 2.45) is 17.8 Å². The molecule has 1 aliphatic heterocycles. The van der Waals surface area contributed by atoms with Gasteiger partial charge < -0.3 is 14.0 Å². The van der Waals surface area contributed by atoms with E-state index in [0.29, 0.717) is 30.9 Å². The minimum atomic E-state index is -0.0647. The van der Waals surface area contributed by atoms with E-state index in [1.165, 1.54) is 5.57 Å². The van der Waals surface area contributed by atoms with E-state index in [-0.39, 0.29) is 5.97 Å². The highest BCUT2D eigenvalue weighted by Gasteiger charge is 2.31. The average Bonchev–Trinajstić information content (AvgIpc) is 2.37. The van der Waals surface area contributed by atoms with Crippen LogP contribution in [-0.4, -0.2) is 57.0 Å². The third-order valence-electron chi connectivity index (χ3n) is 5.10. The summed E-state index contributed by atoms with van der Waals surface area (Å²) in [5, 5.41) is 0. The van der Waals surface area contributed by atoms with E-state index in [1.807, 2.05) is 0 Å². The fourth-order valence-corrected chi connectivity index (χ4v) is 3.62. The van der Waals surface area contributed by atoms with E-state index in [4.69, 9.17) is 9.47 Å². The van der Waals surface area contributed by atoms with Gasteiger partial charge in [-0.25, -0.2) is 4.79 Å². The van der Waals surface area contributed by atoms with E-state index >= 15 is 0 Å². The maximum absolute atomic E-state index is 12.1. The molecule has 21 heavy (non-hydrogen) atoms. The van der Waals surface area contributed by atoms with Crippen molar-refractivity contribution in [3.05, 3.63) is 11.6 Å². The topological polar surface area (TPSA) is 35.5 Å². The van der Waals surface area contributed by atoms with Gasteiger partial charge in [0.05, 0.1) is 26.9 Å². The summed E-state index contributed by atoms with van der Waals surface area (Å²) in [7, 11) is 2.11. The molecule has 0 bridgehead atoms. The number of esters is 1. The van der Waals surface area contributed by atoms with Crippen molar-refractivity contribution in [2.75, 3.05) is 46.5 Å². The van der Waals surface area contributed by atoms with Crippen molar-refractivity contribution in [1.29, 1.82) is 0 Å². The SMILES string of the molecule is CC1=C[C@H](C)[C@H](COC(=O)C[N+]2(C)CCOCC2)[C@H](C)C1. The Morgan fingerprint density at radius 1 is 1.38 bits per heavy atom. The Hall–Kier alpha value is -0.870. The van der Waals surface area contributed by atoms with Crippen LogP contribution in [0.15, 0.2) is 11.6 Å². The Kier molecular flexibility index (Phi) is 5.44. The summed E-state index contributed by atoms with van der Waals surface area (Å²) < 4.78 is 11.7. The van der Waals surface area contributed by atoms with Gasteiger partial charge in [-0.2, -0.15) is 0 Å². The monoisotopic (exact) mass is 296 g/mol. The number of quaternary nitrogens is 1. The molecule has 0 saturated carbocycles. The van der Waals surface area contributed by atoms with Crippen LogP contribution in [0.4, 0.5) is 0 Å². The Morgan fingerprint density at radius 3 is 2.67 bits per heavy atom. The van der Waals surface area contributed by atoms with Crippen LogP contribution in [0.2, 0.25) is 0 Å². The minimum absolute atomic E-state index is 0.0647. The van der Waals surface area contributed by atoms with Gasteiger partial charge in [0, 0.05) is 5.92 Å². The highest BCUT2D eigenvalue weighted by molar-refractivity contribution is 5.70. The van der Waals surface area contributed by atoms with Crippen LogP contribution in [0.1, 0.15) is 27.2 Å². The largest absolute Gasteiger partial charge is 0.461 e. The fraction of sp³-hybridized carbons (Fsp3) is 0.824. The minimum Gasteiger partial charge on any atom is -0.461 e. The van der Waals surface area contributed by atoms with Gasteiger partial charge in [-0.3, -0.25) is 0 Å². The summed E-state index contributed by atoms with van der Waals surface area (Å²) in [5.74, 6) is 1.47. The molecular weight excluding hydrogens is 266 g/mol. The summed E-state index contributed by atoms with van der Waals surface area (Å²) in [6.45, 7) is 11.0. The molecule has 0 radical (unpaired) electrons. The van der Waals surface area contributed by atoms with Crippen LogP contribution >= 0.6 is 0 Å². The summed E-state index contributed by atoms with van der Waals surface area (Å²) in [5.41, 5.74) is 1.46. The quantitative estimate of drug-likeness (QED) is 0.453. The van der Waals surface area contributed by atoms with E-state index in [9.17, 15) is 4.79 Å². The van der Waals surface area contributed by atoms with Crippen molar-refractivity contribution in [3.63, 3.8) is 0 Å². The summed E-state index contributed by atoms with van der Waals surface area (Å²) in [4.78, 5) is 12.1. The maximum atomic E-state index is 12.1. The number of ether oxygens (including phenoxy) is 2. The number of likely N-dealkylation sites (N-methyl/N-ethyl adjacent to an activating group) is 1. The van der Waals surface area contributed by atoms with Crippen molar-refractivity contribution in [2.45, 2.75) is 27.2 Å². The lowest BCUT2D eigenvalue weighted by Crippen LogP contribution is -2.54. The molecule has 2 rings (SSSR count). The molecule has 4 heteroatoms. The number of hydrogen-bond acceptors (Lipinski definition) is 3. The van der Waals surface area contributed by atoms with Gasteiger partial charge in [0.1, 0.15) is 13.1 Å². The van der Waals surface area contributed by atoms with Crippen LogP contribution < -0.4 is 0 Å². The molecule has 1 saturated heterocycles. The molecule has 0 aromatic heterocycles. The van der Waals surface area contributed by atoms with Gasteiger partial charge in [-0.1, -0.05) is 25.5 Å². The molecule has 0 spiro atoms. The first-order valence-electron chi connectivity index (χ1n) is 8.14. The van der Waals surface area contributed by atoms with Gasteiger partial charge in [-0.05, 0) is 25.2 Å². The highest BCUT2D eigenvalue weighted by atomic mass is 16.5. The number of carbonyl (C=O) groups is 1. The van der Waals surface area contributed by atoms with Gasteiger partial charge in [-0.15, -0.1) is 0 Å². The van der Waals surface area contributed by atoms with Gasteiger partial charge >= 0.3 is 5.97 Å². The second-order valence-corrected chi connectivity index (χ2v) is 7.24. The molecule has 1 heterocycles. The third-order valence-corrected chi connectivity index (χ3v) is 5.10. The Bertz CT molecular complexity index is 399. The molecule has 0 aromatic carbocycles. The summed E-state index contributed by atoms with van der Waals surface area (Å²) >= 11 is 0. The number of nitrogens with zero attached hydrogens (tertiary/aromatic N) is 1. The normalized spacial score (nSPS) is 32.4. The fourth-order valence-electron chi connectivity index (χ4n) is 3.62. The molecule has 0 unspecified atom stereocenters. The maximum Gasteiger partial charge on any atom is 0.361 e. The average molecular weight is 296 g/mol. The van der Waals surface area contributed by atoms with E-state index in [1.54, 1.807) is 0 Å². The standard InChI is InChI=1S/C17H30NO3/c1-13-9-14(2)16(15(3)10-13)12-21-17(19)11-18(4)5-7-20-8-6-18/h9,14-16H,5-8,10-12H2,1-4H3/q+1/t14-,15+,16-/m0/s1. The summed E-state index contributed by atoms with van der Waals surface area (Å²) in [6.07, 6.45) is 3.45. The highest BCUT2D eigenvalue weighted by Crippen LogP contribution is 2.33. The van der Waals surface area contributed by atoms with Gasteiger partial charge in [0.15, 0.2) is 6.54 Å². The predicted octanol–water partition coefficient (Wildman–Crippen LogP) is 2.24. The molecule has 4 nitrogen and oxygen atoms in total. The van der Waals surface area contributed by atoms with Crippen molar-refractivity contribution in [1.82, 2.24) is 0 Å². The van der Waals surface area contributed by atoms with Crippen molar-refractivity contribution >= 4 is 5.97 Å². The third kappa shape index (κ3) is 4.55. The summed E-state index contributed by atoms with van der Waals surface area (Å²) in [6, 6.07) is 0. The van der Waals surface area contributed by atoms with Crippen LogP contribution in [0.25, 0.3) is 0 Å². The molecule has 120 valence electrons. The zero-order valence-electron chi connectivity index (χ0n) is 13.9. The number of rotatable bonds is 4. The smallest absolute Gasteiger partial charge is 0.361 e. The number of morpholine rings is 1. The lowest BCUT2D eigenvalue weighted by atomic mass is 9.75. The predicted molar refractivity (Wildman–Crippen MR) is 82.8 cm³/mol. The number of hydrogen-bond donors (Lipinski definition) is 0. The van der Waals surface area contributed by atoms with E-state index in [2.05, 4.69) is 33.9 Å². The Morgan fingerprint density at radius 2 is 2.05 bits per heavy atom. The van der Waals surface area contributed by atoms with E-state index in [0.717, 1.165) is 37.2 Å². The number of carbonyl (C=O) groups excluding carboxylic acids is 1. The van der Waals surface area contributed by atoms with Crippen molar-refractivity contribution < 1.29 is 18.8 Å². The van der Waals surface area contributed by atoms with Gasteiger partial charge in [0.25, 0.3) is 0 Å². The lowest BCUT2D eigenvalue weighted by molar-refractivity contribution is -0.910. The molecule has 3 atom stereocenters. The van der Waals surface area contributed by atoms with Crippen molar-refractivity contribution in [3.8, 4) is 0 Å². The van der Waals surface area contributed by atoms with Gasteiger partial charge in [0.2, 0.25) is 0 Å². The molecule has 1 fully saturated rings. The second-order valence-electron chi connectivity index (χ2n) is 7.24. The molecule has 0 N–H and O–H groups in total. The first-order chi connectivity index (χ1) is 9.89. The van der Waals surface area contributed by atoms with Crippen LogP contribution in [0, 0.1) is 17.8 Å². The molecule has 2 aliphatic rings. The Balaban J connectivity index is 1.81. The molecule has 0 amide bonds. The Labute approximate surface area is 128 Å². The van der Waals surface area contributed by atoms with E-state index < -0.39 is 0 Å². The zero-order chi connectivity index (χ0) is 15.5. The van der Waals surface area contributed by atoms with Crippen LogP contribution in [-0.2, 0) is 14.3 Å². The molecular formula is C17H30NO3+. The van der Waals surface area contributed by atoms with Crippen LogP contribution in [0.3, 0.4) is 0 Å².